The summed E-state index contributed by atoms with van der Waals surface area (Å²) in [6.07, 6.45) is 2.64. The van der Waals surface area contributed by atoms with E-state index >= 15 is 0 Å². The summed E-state index contributed by atoms with van der Waals surface area (Å²) in [5.41, 5.74) is 4.57. The first-order chi connectivity index (χ1) is 4.18. The van der Waals surface area contributed by atoms with E-state index in [0.29, 0.717) is 0 Å². The van der Waals surface area contributed by atoms with E-state index in [-0.39, 0.29) is 6.54 Å². The summed E-state index contributed by atoms with van der Waals surface area (Å²) in [5.74, 6) is -0.968. The van der Waals surface area contributed by atoms with E-state index in [1.165, 1.54) is 12.8 Å². The van der Waals surface area contributed by atoms with Crippen LogP contribution in [0.1, 0.15) is 26.7 Å². The maximum Gasteiger partial charge on any atom is 0.317 e. The third-order valence-corrected chi connectivity index (χ3v) is 0.675. The van der Waals surface area contributed by atoms with Crippen LogP contribution in [0.5, 0.6) is 0 Å². The Morgan fingerprint density at radius 3 is 1.67 bits per heavy atom. The Labute approximate surface area is 55.9 Å². The van der Waals surface area contributed by atoms with Gasteiger partial charge in [0, 0.05) is 0 Å². The lowest BCUT2D eigenvalue weighted by atomic mass is 10.4. The molecule has 0 saturated heterocycles. The number of carbonyl (C=O) groups is 1. The van der Waals surface area contributed by atoms with Crippen molar-refractivity contribution < 1.29 is 9.90 Å². The molecule has 9 heavy (non-hydrogen) atoms. The Morgan fingerprint density at radius 1 is 1.44 bits per heavy atom. The first-order valence-electron chi connectivity index (χ1n) is 3.10. The zero-order chi connectivity index (χ0) is 7.70. The van der Waals surface area contributed by atoms with E-state index in [9.17, 15) is 4.79 Å². The molecule has 56 valence electrons. The van der Waals surface area contributed by atoms with Gasteiger partial charge in [-0.3, -0.25) is 4.79 Å². The molecule has 0 aliphatic rings. The fourth-order valence-electron chi connectivity index (χ4n) is 0. The summed E-state index contributed by atoms with van der Waals surface area (Å²) in [5, 5.41) is 7.60. The standard InChI is InChI=1S/C4H10.C2H5NO2/c1-3-4-2;3-1-2(4)5/h3-4H2,1-2H3;1,3H2,(H,4,5). The second kappa shape index (κ2) is 10.4. The van der Waals surface area contributed by atoms with Gasteiger partial charge in [-0.05, 0) is 0 Å². The molecule has 0 radical (unpaired) electrons. The molecular formula is C6H15NO2. The normalized spacial score (nSPS) is 7.44. The van der Waals surface area contributed by atoms with Gasteiger partial charge in [-0.25, -0.2) is 0 Å². The average molecular weight is 133 g/mol. The Balaban J connectivity index is 0. The quantitative estimate of drug-likeness (QED) is 0.586. The Morgan fingerprint density at radius 2 is 1.67 bits per heavy atom. The molecule has 3 heteroatoms. The molecule has 0 spiro atoms. The molecule has 3 nitrogen and oxygen atoms in total. The Kier molecular flexibility index (Phi) is 13.0. The number of rotatable bonds is 2. The SMILES string of the molecule is CCCC.NCC(=O)O. The van der Waals surface area contributed by atoms with Crippen LogP contribution < -0.4 is 5.73 Å². The van der Waals surface area contributed by atoms with Crippen molar-refractivity contribution in [2.75, 3.05) is 6.54 Å². The van der Waals surface area contributed by atoms with Crippen LogP contribution in [0.25, 0.3) is 0 Å². The fourth-order valence-corrected chi connectivity index (χ4v) is 0. The van der Waals surface area contributed by atoms with Crippen molar-refractivity contribution in [2.24, 2.45) is 5.73 Å². The Hall–Kier alpha value is -0.570. The van der Waals surface area contributed by atoms with Crippen LogP contribution in [-0.4, -0.2) is 17.6 Å². The predicted molar refractivity (Wildman–Crippen MR) is 37.3 cm³/mol. The smallest absolute Gasteiger partial charge is 0.317 e. The summed E-state index contributed by atoms with van der Waals surface area (Å²) in [7, 11) is 0. The molecule has 3 N–H and O–H groups in total. The monoisotopic (exact) mass is 133 g/mol. The number of hydrogen-bond donors (Lipinski definition) is 2. The molecule has 0 atom stereocenters. The van der Waals surface area contributed by atoms with Crippen molar-refractivity contribution in [1.82, 2.24) is 0 Å². The average Bonchev–Trinajstić information content (AvgIpc) is 1.89. The third-order valence-electron chi connectivity index (χ3n) is 0.675. The van der Waals surface area contributed by atoms with E-state index in [1.807, 2.05) is 0 Å². The van der Waals surface area contributed by atoms with Gasteiger partial charge >= 0.3 is 5.97 Å². The van der Waals surface area contributed by atoms with Crippen molar-refractivity contribution in [3.05, 3.63) is 0 Å². The highest BCUT2D eigenvalue weighted by atomic mass is 16.4. The minimum absolute atomic E-state index is 0.278. The number of nitrogens with two attached hydrogens (primary N) is 1. The summed E-state index contributed by atoms with van der Waals surface area (Å²) >= 11 is 0. The molecular weight excluding hydrogens is 118 g/mol. The minimum atomic E-state index is -0.968. The van der Waals surface area contributed by atoms with Gasteiger partial charge in [0.05, 0.1) is 6.54 Å². The largest absolute Gasteiger partial charge is 0.480 e. The number of carboxylic acid groups (broad SMARTS) is 1. The van der Waals surface area contributed by atoms with Crippen molar-refractivity contribution in [3.8, 4) is 0 Å². The van der Waals surface area contributed by atoms with Crippen LogP contribution in [0, 0.1) is 0 Å². The summed E-state index contributed by atoms with van der Waals surface area (Å²) in [6.45, 7) is 4.08. The minimum Gasteiger partial charge on any atom is -0.480 e. The molecule has 0 amide bonds. The maximum atomic E-state index is 9.24. The molecule has 0 heterocycles. The first kappa shape index (κ1) is 11.3. The molecule has 0 fully saturated rings. The van der Waals surface area contributed by atoms with E-state index < -0.39 is 5.97 Å². The van der Waals surface area contributed by atoms with Crippen molar-refractivity contribution in [1.29, 1.82) is 0 Å². The van der Waals surface area contributed by atoms with E-state index in [1.54, 1.807) is 0 Å². The molecule has 0 aliphatic heterocycles. The number of carboxylic acids is 1. The van der Waals surface area contributed by atoms with E-state index in [4.69, 9.17) is 5.11 Å². The predicted octanol–water partition coefficient (Wildman–Crippen LogP) is 0.836. The number of unbranched alkanes of at least 4 members (excludes halogenated alkanes) is 1. The van der Waals surface area contributed by atoms with Crippen LogP contribution in [0.2, 0.25) is 0 Å². The van der Waals surface area contributed by atoms with Crippen LogP contribution in [0.15, 0.2) is 0 Å². The topological polar surface area (TPSA) is 63.3 Å². The van der Waals surface area contributed by atoms with E-state index in [0.717, 1.165) is 0 Å². The van der Waals surface area contributed by atoms with Gasteiger partial charge in [-0.15, -0.1) is 0 Å². The summed E-state index contributed by atoms with van der Waals surface area (Å²) < 4.78 is 0. The molecule has 0 aromatic rings. The van der Waals surface area contributed by atoms with Crippen molar-refractivity contribution >= 4 is 5.97 Å². The summed E-state index contributed by atoms with van der Waals surface area (Å²) in [6, 6.07) is 0. The van der Waals surface area contributed by atoms with Crippen LogP contribution >= 0.6 is 0 Å². The number of aliphatic carboxylic acids is 1. The Bertz CT molecular complexity index is 62.1. The van der Waals surface area contributed by atoms with Crippen LogP contribution in [0.4, 0.5) is 0 Å². The zero-order valence-corrected chi connectivity index (χ0v) is 6.05. The maximum absolute atomic E-state index is 9.24. The zero-order valence-electron chi connectivity index (χ0n) is 6.05. The van der Waals surface area contributed by atoms with Gasteiger partial charge in [0.25, 0.3) is 0 Å². The second-order valence-electron chi connectivity index (χ2n) is 1.60. The highest BCUT2D eigenvalue weighted by Crippen LogP contribution is 1.76. The van der Waals surface area contributed by atoms with Gasteiger partial charge in [0.1, 0.15) is 0 Å². The molecule has 0 rings (SSSR count). The lowest BCUT2D eigenvalue weighted by Gasteiger charge is -1.73. The highest BCUT2D eigenvalue weighted by Gasteiger charge is 1.81. The molecule has 0 aromatic heterocycles. The van der Waals surface area contributed by atoms with Gasteiger partial charge in [-0.2, -0.15) is 0 Å². The first-order valence-corrected chi connectivity index (χ1v) is 3.10. The van der Waals surface area contributed by atoms with Crippen molar-refractivity contribution in [2.45, 2.75) is 26.7 Å². The molecule has 0 bridgehead atoms. The van der Waals surface area contributed by atoms with Crippen LogP contribution in [0.3, 0.4) is 0 Å². The van der Waals surface area contributed by atoms with Gasteiger partial charge < -0.3 is 10.8 Å². The van der Waals surface area contributed by atoms with Crippen molar-refractivity contribution in [3.63, 3.8) is 0 Å². The lowest BCUT2D eigenvalue weighted by molar-refractivity contribution is -0.135. The third kappa shape index (κ3) is 37.1. The van der Waals surface area contributed by atoms with Gasteiger partial charge in [0.15, 0.2) is 0 Å². The van der Waals surface area contributed by atoms with Gasteiger partial charge in [-0.1, -0.05) is 26.7 Å². The van der Waals surface area contributed by atoms with Gasteiger partial charge in [0.2, 0.25) is 0 Å². The highest BCUT2D eigenvalue weighted by molar-refractivity contribution is 5.68. The molecule has 0 unspecified atom stereocenters. The fraction of sp³-hybridized carbons (Fsp3) is 0.833. The molecule has 0 aliphatic carbocycles. The summed E-state index contributed by atoms with van der Waals surface area (Å²) in [4.78, 5) is 9.24. The number of hydrogen-bond acceptors (Lipinski definition) is 2. The van der Waals surface area contributed by atoms with Crippen LogP contribution in [-0.2, 0) is 4.79 Å². The molecule has 0 saturated carbocycles. The second-order valence-corrected chi connectivity index (χ2v) is 1.60. The lowest BCUT2D eigenvalue weighted by Crippen LogP contribution is -2.10. The molecule has 0 aromatic carbocycles. The van der Waals surface area contributed by atoms with E-state index in [2.05, 4.69) is 19.6 Å².